The highest BCUT2D eigenvalue weighted by Crippen LogP contribution is 2.55. The van der Waals surface area contributed by atoms with Crippen LogP contribution in [0.1, 0.15) is 23.3 Å². The first kappa shape index (κ1) is 29.4. The molecule has 0 bridgehead atoms. The van der Waals surface area contributed by atoms with E-state index in [1.165, 1.54) is 4.90 Å². The Morgan fingerprint density at radius 2 is 1.76 bits per heavy atom. The molecule has 12 nitrogen and oxygen atoms in total. The summed E-state index contributed by atoms with van der Waals surface area (Å²) in [5.74, 6) is -5.87. The van der Waals surface area contributed by atoms with Crippen molar-refractivity contribution in [1.82, 2.24) is 9.80 Å². The van der Waals surface area contributed by atoms with Crippen LogP contribution in [-0.4, -0.2) is 102 Å². The summed E-state index contributed by atoms with van der Waals surface area (Å²) in [6.45, 7) is 0.526. The van der Waals surface area contributed by atoms with Crippen LogP contribution in [0.4, 0.5) is 5.69 Å². The molecule has 12 heteroatoms. The molecule has 1 heterocycles. The van der Waals surface area contributed by atoms with Gasteiger partial charge in [-0.25, -0.2) is 0 Å². The molecule has 0 radical (unpaired) electrons. The summed E-state index contributed by atoms with van der Waals surface area (Å²) in [6, 6.07) is 4.12. The number of phenolic OH excluding ortho intramolecular Hbond substituents is 1. The Morgan fingerprint density at radius 3 is 2.33 bits per heavy atom. The number of aromatic hydroxyl groups is 1. The van der Waals surface area contributed by atoms with E-state index in [1.807, 2.05) is 38.0 Å². The van der Waals surface area contributed by atoms with Gasteiger partial charge in [-0.1, -0.05) is 0 Å². The Kier molecular flexibility index (Phi) is 6.99. The summed E-state index contributed by atoms with van der Waals surface area (Å²) in [4.78, 5) is 44.8. The minimum atomic E-state index is -2.69. The number of anilines is 1. The van der Waals surface area contributed by atoms with Crippen LogP contribution in [0.5, 0.6) is 5.75 Å². The minimum absolute atomic E-state index is 0.0121. The molecule has 3 aliphatic rings. The maximum atomic E-state index is 14.1. The number of Topliss-reactive ketones (excluding diaryl/α,β-unsaturated/α-hetero) is 2. The van der Waals surface area contributed by atoms with Crippen LogP contribution in [0.15, 0.2) is 39.5 Å². The number of furan rings is 1. The molecular weight excluding hydrogens is 544 g/mol. The largest absolute Gasteiger partial charge is 0.508 e. The summed E-state index contributed by atoms with van der Waals surface area (Å²) >= 11 is 0. The summed E-state index contributed by atoms with van der Waals surface area (Å²) in [7, 11) is 10.5. The number of phenols is 1. The number of amides is 1. The van der Waals surface area contributed by atoms with Crippen LogP contribution in [0.25, 0.3) is 17.1 Å². The second-order valence-corrected chi connectivity index (χ2v) is 12.0. The number of carbonyl (C=O) groups is 3. The number of nitrogens with two attached hydrogens (primary N) is 1. The van der Waals surface area contributed by atoms with Crippen LogP contribution in [0, 0.1) is 11.8 Å². The van der Waals surface area contributed by atoms with E-state index in [0.717, 1.165) is 0 Å². The standard InChI is InChI=1S/C30H36N4O8/c1-32(2)12-14-7-8-19(42-14)16-11-18(33(3)4)15-9-13-10-17-23(34(5)6)26(37)22(29(31)40)28(39)30(17,41)27(38)20(13)25(36)21(15)24(16)35/h7-8,11,13,17,23,35-36,39,41H,9-10,12H2,1-6H3,(H2,31,40)/t13-,17-,23?,30-/m0/s1. The fourth-order valence-corrected chi connectivity index (χ4v) is 6.80. The number of hydrogen-bond acceptors (Lipinski definition) is 11. The molecule has 1 unspecified atom stereocenters. The van der Waals surface area contributed by atoms with Crippen LogP contribution >= 0.6 is 0 Å². The highest BCUT2D eigenvalue weighted by atomic mass is 16.4. The van der Waals surface area contributed by atoms with Gasteiger partial charge in [0.2, 0.25) is 5.78 Å². The average molecular weight is 581 g/mol. The van der Waals surface area contributed by atoms with E-state index in [9.17, 15) is 34.8 Å². The van der Waals surface area contributed by atoms with Crippen molar-refractivity contribution in [1.29, 1.82) is 0 Å². The Labute approximate surface area is 242 Å². The predicted molar refractivity (Wildman–Crippen MR) is 154 cm³/mol. The number of carbonyl (C=O) groups excluding carboxylic acids is 3. The molecule has 2 aromatic rings. The molecule has 1 fully saturated rings. The number of rotatable bonds is 6. The normalized spacial score (nSPS) is 25.6. The van der Waals surface area contributed by atoms with E-state index in [1.54, 1.807) is 32.3 Å². The number of hydrogen-bond donors (Lipinski definition) is 5. The van der Waals surface area contributed by atoms with E-state index in [0.29, 0.717) is 34.9 Å². The summed E-state index contributed by atoms with van der Waals surface area (Å²) < 4.78 is 5.99. The van der Waals surface area contributed by atoms with Crippen LogP contribution in [0.2, 0.25) is 0 Å². The number of aliphatic hydroxyl groups is 3. The molecule has 1 amide bonds. The zero-order chi connectivity index (χ0) is 31.0. The van der Waals surface area contributed by atoms with Gasteiger partial charge in [0.15, 0.2) is 11.4 Å². The van der Waals surface area contributed by atoms with Crippen molar-refractivity contribution in [3.05, 3.63) is 52.0 Å². The summed E-state index contributed by atoms with van der Waals surface area (Å²) in [5, 5.41) is 46.0. The fourth-order valence-electron chi connectivity index (χ4n) is 6.80. The Bertz CT molecular complexity index is 1580. The molecule has 224 valence electrons. The number of aliphatic hydroxyl groups excluding tert-OH is 2. The van der Waals surface area contributed by atoms with E-state index < -0.39 is 58.0 Å². The van der Waals surface area contributed by atoms with Gasteiger partial charge in [-0.3, -0.25) is 19.3 Å². The van der Waals surface area contributed by atoms with Gasteiger partial charge in [0, 0.05) is 31.3 Å². The molecule has 0 saturated heterocycles. The van der Waals surface area contributed by atoms with Gasteiger partial charge in [-0.05, 0) is 70.7 Å². The number of benzene rings is 1. The lowest BCUT2D eigenvalue weighted by molar-refractivity contribution is -0.153. The topological polar surface area (TPSA) is 181 Å². The first-order valence-corrected chi connectivity index (χ1v) is 13.6. The van der Waals surface area contributed by atoms with Gasteiger partial charge in [0.1, 0.15) is 34.4 Å². The Balaban J connectivity index is 1.73. The summed E-state index contributed by atoms with van der Waals surface area (Å²) in [5.41, 5.74) is 3.21. The van der Waals surface area contributed by atoms with Gasteiger partial charge in [0.05, 0.1) is 23.7 Å². The molecule has 0 aliphatic heterocycles. The molecule has 42 heavy (non-hydrogen) atoms. The third-order valence-corrected chi connectivity index (χ3v) is 8.58. The van der Waals surface area contributed by atoms with Crippen molar-refractivity contribution in [2.45, 2.75) is 31.0 Å². The second-order valence-electron chi connectivity index (χ2n) is 12.0. The van der Waals surface area contributed by atoms with Crippen LogP contribution < -0.4 is 10.6 Å². The zero-order valence-electron chi connectivity index (χ0n) is 24.4. The first-order valence-electron chi connectivity index (χ1n) is 13.6. The van der Waals surface area contributed by atoms with Crippen molar-refractivity contribution in [3.63, 3.8) is 0 Å². The van der Waals surface area contributed by atoms with Gasteiger partial charge < -0.3 is 40.4 Å². The number of ketones is 2. The van der Waals surface area contributed by atoms with Gasteiger partial charge in [-0.15, -0.1) is 0 Å². The van der Waals surface area contributed by atoms with E-state index in [-0.39, 0.29) is 29.7 Å². The van der Waals surface area contributed by atoms with Crippen LogP contribution in [-0.2, 0) is 27.3 Å². The lowest BCUT2D eigenvalue weighted by atomic mass is 9.57. The smallest absolute Gasteiger partial charge is 0.255 e. The third-order valence-electron chi connectivity index (χ3n) is 8.58. The number of fused-ring (bicyclic) bond motifs is 3. The number of nitrogens with zero attached hydrogens (tertiary/aromatic N) is 3. The van der Waals surface area contributed by atoms with Gasteiger partial charge in [-0.2, -0.15) is 0 Å². The van der Waals surface area contributed by atoms with Gasteiger partial charge >= 0.3 is 0 Å². The van der Waals surface area contributed by atoms with Gasteiger partial charge in [0.25, 0.3) is 5.91 Å². The minimum Gasteiger partial charge on any atom is -0.508 e. The maximum absolute atomic E-state index is 14.1. The number of primary amides is 1. The van der Waals surface area contributed by atoms with Crippen molar-refractivity contribution in [2.24, 2.45) is 17.6 Å². The highest BCUT2D eigenvalue weighted by molar-refractivity contribution is 6.24. The summed E-state index contributed by atoms with van der Waals surface area (Å²) in [6.07, 6.45) is 0.215. The number of likely N-dealkylation sites (N-methyl/N-ethyl adjacent to an activating group) is 1. The molecule has 4 atom stereocenters. The Hall–Kier alpha value is -4.13. The predicted octanol–water partition coefficient (Wildman–Crippen LogP) is 1.35. The third kappa shape index (κ3) is 4.12. The van der Waals surface area contributed by atoms with E-state index in [2.05, 4.69) is 0 Å². The van der Waals surface area contributed by atoms with E-state index in [4.69, 9.17) is 10.2 Å². The highest BCUT2D eigenvalue weighted by Gasteiger charge is 2.64. The average Bonchev–Trinajstić information content (AvgIpc) is 3.33. The molecular formula is C30H36N4O8. The quantitative estimate of drug-likeness (QED) is 0.311. The van der Waals surface area contributed by atoms with E-state index >= 15 is 0 Å². The van der Waals surface area contributed by atoms with Crippen molar-refractivity contribution in [3.8, 4) is 17.1 Å². The monoisotopic (exact) mass is 580 g/mol. The zero-order valence-corrected chi connectivity index (χ0v) is 24.4. The fraction of sp³-hybridized carbons (Fsp3) is 0.433. The molecule has 1 aromatic heterocycles. The lowest BCUT2D eigenvalue weighted by Gasteiger charge is -2.50. The molecule has 5 rings (SSSR count). The van der Waals surface area contributed by atoms with Crippen molar-refractivity contribution in [2.75, 3.05) is 47.2 Å². The second kappa shape index (κ2) is 10.0. The first-order chi connectivity index (χ1) is 19.6. The lowest BCUT2D eigenvalue weighted by Crippen LogP contribution is -2.65. The molecule has 6 N–H and O–H groups in total. The molecule has 0 spiro atoms. The maximum Gasteiger partial charge on any atom is 0.255 e. The molecule has 1 saturated carbocycles. The van der Waals surface area contributed by atoms with Crippen molar-refractivity contribution < 1.29 is 39.2 Å². The molecule has 3 aliphatic carbocycles. The SMILES string of the molecule is CN(C)Cc1ccc(-c2cc(N(C)C)c3c(c2O)C(O)=C2C(=O)[C@]4(O)C(O)=C(C(N)=O)C(=O)C(N(C)C)[C@@H]4C[C@@H]2C3)o1. The van der Waals surface area contributed by atoms with Crippen molar-refractivity contribution >= 4 is 28.9 Å². The molecule has 1 aromatic carbocycles. The van der Waals surface area contributed by atoms with Crippen LogP contribution in [0.3, 0.4) is 0 Å². The Morgan fingerprint density at radius 1 is 1.10 bits per heavy atom.